The highest BCUT2D eigenvalue weighted by Gasteiger charge is 2.33. The van der Waals surface area contributed by atoms with E-state index in [4.69, 9.17) is 0 Å². The molecule has 2 fully saturated rings. The minimum Gasteiger partial charge on any atom is -0.296 e. The van der Waals surface area contributed by atoms with Crippen molar-refractivity contribution in [3.63, 3.8) is 0 Å². The second kappa shape index (κ2) is 6.44. The molecule has 0 radical (unpaired) electrons. The molecule has 1 saturated carbocycles. The molecule has 0 aromatic heterocycles. The first kappa shape index (κ1) is 15.0. The van der Waals surface area contributed by atoms with Gasteiger partial charge in [0.1, 0.15) is 0 Å². The van der Waals surface area contributed by atoms with Gasteiger partial charge in [-0.1, -0.05) is 25.0 Å². The number of nitro groups is 1. The zero-order valence-electron chi connectivity index (χ0n) is 12.1. The largest absolute Gasteiger partial charge is 0.296 e. The van der Waals surface area contributed by atoms with Crippen LogP contribution in [0.2, 0.25) is 0 Å². The van der Waals surface area contributed by atoms with Crippen molar-refractivity contribution >= 4 is 21.6 Å². The van der Waals surface area contributed by atoms with Gasteiger partial charge in [0.05, 0.1) is 9.40 Å². The summed E-state index contributed by atoms with van der Waals surface area (Å²) in [5, 5.41) is 11.0. The molecule has 4 nitrogen and oxygen atoms in total. The zero-order valence-corrected chi connectivity index (χ0v) is 13.7. The van der Waals surface area contributed by atoms with E-state index in [1.807, 2.05) is 6.07 Å². The number of nitro benzene ring substituents is 1. The lowest BCUT2D eigenvalue weighted by Crippen LogP contribution is -2.34. The van der Waals surface area contributed by atoms with Crippen LogP contribution in [0.25, 0.3) is 0 Å². The van der Waals surface area contributed by atoms with Crippen molar-refractivity contribution < 1.29 is 4.92 Å². The smallest absolute Gasteiger partial charge is 0.283 e. The van der Waals surface area contributed by atoms with Crippen LogP contribution in [-0.2, 0) is 6.54 Å². The molecule has 21 heavy (non-hydrogen) atoms. The first-order chi connectivity index (χ1) is 10.2. The Balaban J connectivity index is 1.76. The fourth-order valence-corrected chi connectivity index (χ4v) is 4.51. The van der Waals surface area contributed by atoms with E-state index in [-0.39, 0.29) is 10.6 Å². The Labute approximate surface area is 133 Å². The summed E-state index contributed by atoms with van der Waals surface area (Å²) >= 11 is 3.42. The fraction of sp³-hybridized carbons (Fsp3) is 0.625. The molecule has 0 spiro atoms. The molecule has 1 atom stereocenters. The third-order valence-corrected chi connectivity index (χ3v) is 5.90. The van der Waals surface area contributed by atoms with E-state index < -0.39 is 0 Å². The molecule has 0 amide bonds. The van der Waals surface area contributed by atoms with Gasteiger partial charge in [-0.25, -0.2) is 0 Å². The molecule has 0 N–H and O–H groups in total. The Morgan fingerprint density at radius 3 is 2.71 bits per heavy atom. The maximum absolute atomic E-state index is 11.0. The SMILES string of the molecule is O=[N+]([O-])c1cccc(CN2CCCC2C2CCCC2)c1Br. The average molecular weight is 353 g/mol. The maximum atomic E-state index is 11.0. The van der Waals surface area contributed by atoms with Crippen molar-refractivity contribution in [1.82, 2.24) is 4.90 Å². The second-order valence-corrected chi connectivity index (χ2v) is 7.02. The first-order valence-electron chi connectivity index (χ1n) is 7.82. The topological polar surface area (TPSA) is 46.4 Å². The van der Waals surface area contributed by atoms with Crippen LogP contribution >= 0.6 is 15.9 Å². The van der Waals surface area contributed by atoms with Crippen LogP contribution < -0.4 is 0 Å². The van der Waals surface area contributed by atoms with Crippen molar-refractivity contribution in [2.45, 2.75) is 51.1 Å². The Morgan fingerprint density at radius 2 is 2.00 bits per heavy atom. The van der Waals surface area contributed by atoms with E-state index in [1.54, 1.807) is 12.1 Å². The molecule has 1 aromatic carbocycles. The molecule has 2 aliphatic rings. The lowest BCUT2D eigenvalue weighted by molar-refractivity contribution is -0.385. The molecule has 3 rings (SSSR count). The molecule has 1 aliphatic carbocycles. The molecule has 1 saturated heterocycles. The molecular weight excluding hydrogens is 332 g/mol. The number of halogens is 1. The van der Waals surface area contributed by atoms with E-state index in [0.29, 0.717) is 10.5 Å². The number of rotatable bonds is 4. The van der Waals surface area contributed by atoms with Crippen molar-refractivity contribution in [3.05, 3.63) is 38.3 Å². The van der Waals surface area contributed by atoms with Crippen LogP contribution in [0.1, 0.15) is 44.1 Å². The fourth-order valence-electron chi connectivity index (χ4n) is 3.97. The minimum absolute atomic E-state index is 0.170. The molecule has 1 aliphatic heterocycles. The van der Waals surface area contributed by atoms with Crippen molar-refractivity contribution in [2.24, 2.45) is 5.92 Å². The maximum Gasteiger partial charge on any atom is 0.283 e. The normalized spacial score (nSPS) is 23.8. The summed E-state index contributed by atoms with van der Waals surface area (Å²) in [4.78, 5) is 13.3. The molecule has 1 unspecified atom stereocenters. The summed E-state index contributed by atoms with van der Waals surface area (Å²) in [7, 11) is 0. The van der Waals surface area contributed by atoms with E-state index in [1.165, 1.54) is 38.5 Å². The summed E-state index contributed by atoms with van der Waals surface area (Å²) in [5.74, 6) is 0.838. The average Bonchev–Trinajstić information content (AvgIpc) is 3.11. The molecule has 1 aromatic rings. The highest BCUT2D eigenvalue weighted by Crippen LogP contribution is 2.37. The van der Waals surface area contributed by atoms with E-state index in [2.05, 4.69) is 20.8 Å². The molecule has 114 valence electrons. The van der Waals surface area contributed by atoms with E-state index in [0.717, 1.165) is 24.6 Å². The minimum atomic E-state index is -0.313. The summed E-state index contributed by atoms with van der Waals surface area (Å²) in [5.41, 5.74) is 1.21. The number of likely N-dealkylation sites (tertiary alicyclic amines) is 1. The highest BCUT2D eigenvalue weighted by molar-refractivity contribution is 9.10. The first-order valence-corrected chi connectivity index (χ1v) is 8.62. The Hall–Kier alpha value is -0.940. The third kappa shape index (κ3) is 3.14. The van der Waals surface area contributed by atoms with Gasteiger partial charge in [-0.2, -0.15) is 0 Å². The Bertz CT molecular complexity index is 529. The Morgan fingerprint density at radius 1 is 1.24 bits per heavy atom. The van der Waals surface area contributed by atoms with Crippen LogP contribution in [0.4, 0.5) is 5.69 Å². The summed E-state index contributed by atoms with van der Waals surface area (Å²) in [6.45, 7) is 1.94. The number of hydrogen-bond donors (Lipinski definition) is 0. The molecule has 5 heteroatoms. The predicted octanol–water partition coefficient (Wildman–Crippen LogP) is 4.51. The van der Waals surface area contributed by atoms with Gasteiger partial charge in [-0.05, 0) is 59.6 Å². The summed E-state index contributed by atoms with van der Waals surface area (Å²) in [6, 6.07) is 6.03. The predicted molar refractivity (Wildman–Crippen MR) is 86.2 cm³/mol. The molecule has 1 heterocycles. The van der Waals surface area contributed by atoms with Gasteiger partial charge in [0, 0.05) is 18.7 Å². The zero-order chi connectivity index (χ0) is 14.8. The van der Waals surface area contributed by atoms with Gasteiger partial charge in [0.2, 0.25) is 0 Å². The number of benzene rings is 1. The van der Waals surface area contributed by atoms with Crippen LogP contribution in [0, 0.1) is 16.0 Å². The second-order valence-electron chi connectivity index (χ2n) is 6.23. The van der Waals surface area contributed by atoms with Crippen molar-refractivity contribution in [3.8, 4) is 0 Å². The molecule has 0 bridgehead atoms. The third-order valence-electron chi connectivity index (χ3n) is 4.99. The molecular formula is C16H21BrN2O2. The van der Waals surface area contributed by atoms with Gasteiger partial charge in [0.25, 0.3) is 5.69 Å². The summed E-state index contributed by atoms with van der Waals surface area (Å²) in [6.07, 6.45) is 8.00. The van der Waals surface area contributed by atoms with Gasteiger partial charge in [-0.3, -0.25) is 15.0 Å². The van der Waals surface area contributed by atoms with E-state index in [9.17, 15) is 10.1 Å². The van der Waals surface area contributed by atoms with Crippen LogP contribution in [0.15, 0.2) is 22.7 Å². The number of nitrogens with zero attached hydrogens (tertiary/aromatic N) is 2. The standard InChI is InChI=1S/C16H21BrN2O2/c17-16-13(7-3-8-15(16)19(20)21)11-18-10-4-9-14(18)12-5-1-2-6-12/h3,7-8,12,14H,1-2,4-6,9-11H2. The van der Waals surface area contributed by atoms with Gasteiger partial charge < -0.3 is 0 Å². The van der Waals surface area contributed by atoms with Crippen LogP contribution in [0.3, 0.4) is 0 Å². The Kier molecular flexibility index (Phi) is 4.60. The van der Waals surface area contributed by atoms with Gasteiger partial charge in [-0.15, -0.1) is 0 Å². The van der Waals surface area contributed by atoms with Crippen molar-refractivity contribution in [1.29, 1.82) is 0 Å². The number of hydrogen-bond acceptors (Lipinski definition) is 3. The van der Waals surface area contributed by atoms with Crippen molar-refractivity contribution in [2.75, 3.05) is 6.54 Å². The van der Waals surface area contributed by atoms with Crippen LogP contribution in [-0.4, -0.2) is 22.4 Å². The van der Waals surface area contributed by atoms with Gasteiger partial charge in [0.15, 0.2) is 0 Å². The van der Waals surface area contributed by atoms with Crippen LogP contribution in [0.5, 0.6) is 0 Å². The van der Waals surface area contributed by atoms with E-state index >= 15 is 0 Å². The van der Waals surface area contributed by atoms with Gasteiger partial charge >= 0.3 is 0 Å². The quantitative estimate of drug-likeness (QED) is 0.591. The lowest BCUT2D eigenvalue weighted by atomic mass is 9.96. The monoisotopic (exact) mass is 352 g/mol. The summed E-state index contributed by atoms with van der Waals surface area (Å²) < 4.78 is 0.645. The highest BCUT2D eigenvalue weighted by atomic mass is 79.9. The lowest BCUT2D eigenvalue weighted by Gasteiger charge is -2.29.